The van der Waals surface area contributed by atoms with Crippen molar-refractivity contribution in [2.24, 2.45) is 29.6 Å². The van der Waals surface area contributed by atoms with Crippen LogP contribution in [0.1, 0.15) is 131 Å². The summed E-state index contributed by atoms with van der Waals surface area (Å²) in [4.78, 5) is 0. The van der Waals surface area contributed by atoms with Gasteiger partial charge in [-0.25, -0.2) is 0 Å². The first kappa shape index (κ1) is 45.6. The summed E-state index contributed by atoms with van der Waals surface area (Å²) < 4.78 is 4.89. The van der Waals surface area contributed by atoms with Gasteiger partial charge in [-0.05, 0) is 68.1 Å². The zero-order chi connectivity index (χ0) is 16.3. The van der Waals surface area contributed by atoms with Gasteiger partial charge in [0.25, 0.3) is 0 Å². The minimum atomic E-state index is 0. The van der Waals surface area contributed by atoms with Crippen LogP contribution in [0.4, 0.5) is 0 Å². The summed E-state index contributed by atoms with van der Waals surface area (Å²) in [7, 11) is 1.74. The molecule has 0 aromatic carbocycles. The van der Waals surface area contributed by atoms with E-state index in [4.69, 9.17) is 4.74 Å². The molecule has 0 amide bonds. The standard InChI is InChI=1S/C10H16.C6H14O.2C2H6.6CH4/c1-7-2-9-4-8(1)5-10(3-7)6-9;1-4-6(2)5-7-3;2*1-2;;;;;;/h7-10H,1-6H2;6H,4-5H2,1-3H3;2*1-2H3;6*1H4. The van der Waals surface area contributed by atoms with Gasteiger partial charge in [0.1, 0.15) is 0 Å². The molecule has 1 nitrogen and oxygen atoms in total. The van der Waals surface area contributed by atoms with E-state index in [1.807, 2.05) is 27.7 Å². The van der Waals surface area contributed by atoms with Crippen LogP contribution in [0.15, 0.2) is 0 Å². The maximum Gasteiger partial charge on any atom is 0.0487 e. The third-order valence-corrected chi connectivity index (χ3v) is 5.15. The molecule has 0 spiro atoms. The third kappa shape index (κ3) is 17.8. The van der Waals surface area contributed by atoms with Gasteiger partial charge in [0.2, 0.25) is 0 Å². The Morgan fingerprint density at radius 3 is 0.963 bits per heavy atom. The lowest BCUT2D eigenvalue weighted by atomic mass is 9.56. The quantitative estimate of drug-likeness (QED) is 0.462. The van der Waals surface area contributed by atoms with Crippen LogP contribution in [0, 0.1) is 29.6 Å². The summed E-state index contributed by atoms with van der Waals surface area (Å²) >= 11 is 0. The van der Waals surface area contributed by atoms with Crippen molar-refractivity contribution in [3.8, 4) is 0 Å². The summed E-state index contributed by atoms with van der Waals surface area (Å²) in [5.41, 5.74) is 0. The average Bonchev–Trinajstić information content (AvgIpc) is 2.51. The Morgan fingerprint density at radius 2 is 0.852 bits per heavy atom. The van der Waals surface area contributed by atoms with Crippen LogP contribution in [-0.2, 0) is 4.74 Å². The van der Waals surface area contributed by atoms with Gasteiger partial charge in [0, 0.05) is 13.7 Å². The Morgan fingerprint density at radius 1 is 0.630 bits per heavy atom. The highest BCUT2D eigenvalue weighted by Crippen LogP contribution is 2.53. The molecule has 1 unspecified atom stereocenters. The van der Waals surface area contributed by atoms with Crippen molar-refractivity contribution in [3.63, 3.8) is 0 Å². The van der Waals surface area contributed by atoms with Crippen LogP contribution in [0.25, 0.3) is 0 Å². The van der Waals surface area contributed by atoms with Crippen LogP contribution < -0.4 is 0 Å². The lowest BCUT2D eigenvalue weighted by Crippen LogP contribution is -2.38. The first-order valence-electron chi connectivity index (χ1n) is 9.70. The van der Waals surface area contributed by atoms with Crippen LogP contribution in [0.2, 0.25) is 0 Å². The van der Waals surface area contributed by atoms with Crippen molar-refractivity contribution in [1.82, 2.24) is 0 Å². The molecule has 1 atom stereocenters. The van der Waals surface area contributed by atoms with E-state index in [2.05, 4.69) is 13.8 Å². The first-order valence-corrected chi connectivity index (χ1v) is 9.70. The van der Waals surface area contributed by atoms with E-state index < -0.39 is 0 Å². The number of hydrogen-bond acceptors (Lipinski definition) is 1. The molecule has 4 fully saturated rings. The Hall–Kier alpha value is -0.0400. The van der Waals surface area contributed by atoms with E-state index >= 15 is 0 Å². The van der Waals surface area contributed by atoms with E-state index in [1.165, 1.54) is 30.1 Å². The zero-order valence-electron chi connectivity index (χ0n) is 16.0. The molecule has 0 heterocycles. The fourth-order valence-corrected chi connectivity index (χ4v) is 4.39. The predicted octanol–water partition coefficient (Wildman–Crippen LogP) is 10.4. The molecule has 0 N–H and O–H groups in total. The van der Waals surface area contributed by atoms with Gasteiger partial charge in [0.05, 0.1) is 0 Å². The second kappa shape index (κ2) is 28.2. The molecule has 4 aliphatic rings. The highest BCUT2D eigenvalue weighted by atomic mass is 16.5. The molecule has 0 aromatic rings. The molecule has 4 saturated carbocycles. The molecular formula is C26H66O. The second-order valence-electron chi connectivity index (χ2n) is 6.85. The van der Waals surface area contributed by atoms with E-state index in [0.717, 1.165) is 12.5 Å². The monoisotopic (exact) mass is 395 g/mol. The maximum atomic E-state index is 4.89. The Kier molecular flexibility index (Phi) is 47.6. The minimum absolute atomic E-state index is 0. The first-order chi connectivity index (χ1) is 10.2. The van der Waals surface area contributed by atoms with Gasteiger partial charge in [-0.15, -0.1) is 0 Å². The molecule has 176 valence electrons. The Labute approximate surface area is 179 Å². The summed E-state index contributed by atoms with van der Waals surface area (Å²) in [6.45, 7) is 13.3. The normalized spacial score (nSPS) is 25.4. The number of rotatable bonds is 3. The van der Waals surface area contributed by atoms with Gasteiger partial charge in [0.15, 0.2) is 0 Å². The van der Waals surface area contributed by atoms with Crippen molar-refractivity contribution in [3.05, 3.63) is 0 Å². The summed E-state index contributed by atoms with van der Waals surface area (Å²) in [5.74, 6) is 5.44. The fourth-order valence-electron chi connectivity index (χ4n) is 4.39. The zero-order valence-corrected chi connectivity index (χ0v) is 16.0. The van der Waals surface area contributed by atoms with Crippen LogP contribution in [-0.4, -0.2) is 13.7 Å². The van der Waals surface area contributed by atoms with Crippen molar-refractivity contribution in [1.29, 1.82) is 0 Å². The van der Waals surface area contributed by atoms with Gasteiger partial charge < -0.3 is 4.74 Å². The molecule has 0 radical (unpaired) electrons. The van der Waals surface area contributed by atoms with E-state index in [-0.39, 0.29) is 44.6 Å². The molecule has 0 aromatic heterocycles. The van der Waals surface area contributed by atoms with Crippen LogP contribution in [0.3, 0.4) is 0 Å². The van der Waals surface area contributed by atoms with E-state index in [1.54, 1.807) is 45.6 Å². The summed E-state index contributed by atoms with van der Waals surface area (Å²) in [6, 6.07) is 0. The van der Waals surface area contributed by atoms with Crippen molar-refractivity contribution >= 4 is 0 Å². The predicted molar refractivity (Wildman–Crippen MR) is 136 cm³/mol. The number of hydrogen-bond donors (Lipinski definition) is 0. The summed E-state index contributed by atoms with van der Waals surface area (Å²) in [5, 5.41) is 0. The number of methoxy groups -OCH3 is 1. The SMILES string of the molecule is C.C.C.C.C.C.C1C2CC3CC1CC(C2)C3.CC.CC.CCC(C)COC. The third-order valence-electron chi connectivity index (χ3n) is 5.15. The molecule has 0 aliphatic heterocycles. The molecule has 4 rings (SSSR count). The largest absolute Gasteiger partial charge is 0.384 e. The lowest BCUT2D eigenvalue weighted by Gasteiger charge is -2.49. The molecule has 1 heteroatoms. The highest BCUT2D eigenvalue weighted by Gasteiger charge is 2.41. The summed E-state index contributed by atoms with van der Waals surface area (Å²) in [6.07, 6.45) is 10.8. The van der Waals surface area contributed by atoms with Crippen LogP contribution in [0.5, 0.6) is 0 Å². The van der Waals surface area contributed by atoms with Gasteiger partial charge in [-0.3, -0.25) is 0 Å². The molecule has 4 bridgehead atoms. The Balaban J connectivity index is -0.0000000434. The molecule has 0 saturated heterocycles. The highest BCUT2D eigenvalue weighted by molar-refractivity contribution is 4.92. The topological polar surface area (TPSA) is 9.23 Å². The molecule has 4 aliphatic carbocycles. The number of ether oxygens (including phenoxy) is 1. The Bertz CT molecular complexity index is 168. The fraction of sp³-hybridized carbons (Fsp3) is 1.00. The molecular weight excluding hydrogens is 328 g/mol. The van der Waals surface area contributed by atoms with Gasteiger partial charge in [-0.2, -0.15) is 0 Å². The van der Waals surface area contributed by atoms with E-state index in [9.17, 15) is 0 Å². The second-order valence-corrected chi connectivity index (χ2v) is 6.85. The maximum absolute atomic E-state index is 4.89. The molecule has 27 heavy (non-hydrogen) atoms. The van der Waals surface area contributed by atoms with Crippen LogP contribution >= 0.6 is 0 Å². The van der Waals surface area contributed by atoms with Crippen molar-refractivity contribution in [2.45, 2.75) is 131 Å². The minimum Gasteiger partial charge on any atom is -0.384 e. The van der Waals surface area contributed by atoms with E-state index in [0.29, 0.717) is 0 Å². The van der Waals surface area contributed by atoms with Crippen molar-refractivity contribution in [2.75, 3.05) is 13.7 Å². The van der Waals surface area contributed by atoms with Crippen molar-refractivity contribution < 1.29 is 4.74 Å². The average molecular weight is 395 g/mol. The van der Waals surface area contributed by atoms with Gasteiger partial charge in [-0.1, -0.05) is 92.5 Å². The van der Waals surface area contributed by atoms with Gasteiger partial charge >= 0.3 is 0 Å². The smallest absolute Gasteiger partial charge is 0.0487 e. The lowest BCUT2D eigenvalue weighted by molar-refractivity contribution is 0.0198.